The smallest absolute Gasteiger partial charge is 0.275 e. The van der Waals surface area contributed by atoms with Crippen molar-refractivity contribution in [2.45, 2.75) is 27.2 Å². The summed E-state index contributed by atoms with van der Waals surface area (Å²) < 4.78 is 5.91. The van der Waals surface area contributed by atoms with Gasteiger partial charge in [0.2, 0.25) is 0 Å². The van der Waals surface area contributed by atoms with Crippen molar-refractivity contribution in [2.24, 2.45) is 0 Å². The minimum atomic E-state index is 0.0559. The Morgan fingerprint density at radius 3 is 2.48 bits per heavy atom. The topological polar surface area (TPSA) is 63.1 Å². The molecular weight excluding hydrogens is 390 g/mol. The third-order valence-electron chi connectivity index (χ3n) is 5.85. The van der Waals surface area contributed by atoms with E-state index in [4.69, 9.17) is 4.74 Å². The molecule has 1 saturated heterocycles. The molecule has 3 rings (SSSR count). The number of aryl methyl sites for hydroxylation is 2. The molecule has 0 unspecified atom stereocenters. The number of nitrogens with zero attached hydrogens (tertiary/aromatic N) is 1. The van der Waals surface area contributed by atoms with Crippen LogP contribution in [0.4, 0.5) is 0 Å². The van der Waals surface area contributed by atoms with Gasteiger partial charge < -0.3 is 19.9 Å². The minimum absolute atomic E-state index is 0.0559. The Hall–Kier alpha value is -2.86. The highest BCUT2D eigenvalue weighted by Gasteiger charge is 2.25. The molecule has 0 aromatic heterocycles. The molecule has 2 aromatic carbocycles. The molecule has 0 spiro atoms. The van der Waals surface area contributed by atoms with Crippen molar-refractivity contribution < 1.29 is 19.2 Å². The van der Waals surface area contributed by atoms with Crippen LogP contribution in [0.1, 0.15) is 33.5 Å². The maximum atomic E-state index is 12.5. The monoisotopic (exact) mass is 424 g/mol. The average Bonchev–Trinajstić information content (AvgIpc) is 2.77. The van der Waals surface area contributed by atoms with E-state index in [1.54, 1.807) is 0 Å². The molecule has 6 heteroatoms. The number of amides is 2. The van der Waals surface area contributed by atoms with E-state index in [1.807, 2.05) is 35.2 Å². The molecular formula is C25H34N3O3+. The molecule has 0 aliphatic carbocycles. The van der Waals surface area contributed by atoms with Gasteiger partial charge >= 0.3 is 0 Å². The van der Waals surface area contributed by atoms with Crippen molar-refractivity contribution in [3.63, 3.8) is 0 Å². The van der Waals surface area contributed by atoms with Gasteiger partial charge in [-0.25, -0.2) is 0 Å². The van der Waals surface area contributed by atoms with Crippen molar-refractivity contribution in [3.8, 4) is 5.75 Å². The van der Waals surface area contributed by atoms with Crippen molar-refractivity contribution >= 4 is 11.8 Å². The molecule has 1 aliphatic heterocycles. The van der Waals surface area contributed by atoms with Crippen molar-refractivity contribution in [1.29, 1.82) is 0 Å². The predicted octanol–water partition coefficient (Wildman–Crippen LogP) is 1.54. The van der Waals surface area contributed by atoms with Gasteiger partial charge in [0.05, 0.1) is 32.8 Å². The van der Waals surface area contributed by atoms with Gasteiger partial charge in [0.1, 0.15) is 5.75 Å². The second-order valence-corrected chi connectivity index (χ2v) is 8.34. The number of benzene rings is 2. The van der Waals surface area contributed by atoms with Crippen LogP contribution in [0.2, 0.25) is 0 Å². The lowest BCUT2D eigenvalue weighted by molar-refractivity contribution is -0.896. The van der Waals surface area contributed by atoms with Gasteiger partial charge in [0.25, 0.3) is 11.8 Å². The molecule has 1 fully saturated rings. The van der Waals surface area contributed by atoms with Gasteiger partial charge in [-0.15, -0.1) is 0 Å². The lowest BCUT2D eigenvalue weighted by Gasteiger charge is -2.32. The zero-order valence-electron chi connectivity index (χ0n) is 18.9. The normalized spacial score (nSPS) is 14.4. The molecule has 2 aromatic rings. The maximum absolute atomic E-state index is 12.5. The van der Waals surface area contributed by atoms with Crippen molar-refractivity contribution in [3.05, 3.63) is 64.7 Å². The van der Waals surface area contributed by atoms with E-state index in [9.17, 15) is 9.59 Å². The van der Waals surface area contributed by atoms with Gasteiger partial charge in [0.15, 0.2) is 6.54 Å². The number of piperazine rings is 1. The van der Waals surface area contributed by atoms with Crippen LogP contribution in [0.25, 0.3) is 0 Å². The van der Waals surface area contributed by atoms with Gasteiger partial charge in [-0.2, -0.15) is 0 Å². The van der Waals surface area contributed by atoms with E-state index in [-0.39, 0.29) is 11.8 Å². The molecule has 1 aliphatic rings. The largest absolute Gasteiger partial charge is 0.493 e. The van der Waals surface area contributed by atoms with Crippen molar-refractivity contribution in [2.75, 3.05) is 45.9 Å². The van der Waals surface area contributed by atoms with Crippen molar-refractivity contribution in [1.82, 2.24) is 10.2 Å². The van der Waals surface area contributed by atoms with Crippen LogP contribution >= 0.6 is 0 Å². The first-order valence-electron chi connectivity index (χ1n) is 11.1. The Labute approximate surface area is 185 Å². The molecule has 31 heavy (non-hydrogen) atoms. The molecule has 166 valence electrons. The summed E-state index contributed by atoms with van der Waals surface area (Å²) in [5.41, 5.74) is 4.32. The summed E-state index contributed by atoms with van der Waals surface area (Å²) in [6.07, 6.45) is 0.771. The molecule has 6 nitrogen and oxygen atoms in total. The second kappa shape index (κ2) is 11.0. The average molecular weight is 425 g/mol. The maximum Gasteiger partial charge on any atom is 0.275 e. The summed E-state index contributed by atoms with van der Waals surface area (Å²) in [5, 5.41) is 2.99. The fourth-order valence-electron chi connectivity index (χ4n) is 3.89. The van der Waals surface area contributed by atoms with Crippen LogP contribution in [-0.2, 0) is 4.79 Å². The van der Waals surface area contributed by atoms with Crippen LogP contribution in [0, 0.1) is 20.8 Å². The van der Waals surface area contributed by atoms with E-state index in [1.165, 1.54) is 21.6 Å². The summed E-state index contributed by atoms with van der Waals surface area (Å²) in [6.45, 7) is 10.8. The Morgan fingerprint density at radius 2 is 1.77 bits per heavy atom. The quantitative estimate of drug-likeness (QED) is 0.632. The highest BCUT2D eigenvalue weighted by atomic mass is 16.5. The fraction of sp³-hybridized carbons (Fsp3) is 0.440. The Bertz CT molecular complexity index is 890. The van der Waals surface area contributed by atoms with Gasteiger partial charge in [-0.1, -0.05) is 24.3 Å². The number of hydrogen-bond acceptors (Lipinski definition) is 3. The number of nitrogens with one attached hydrogen (secondary N) is 2. The zero-order chi connectivity index (χ0) is 22.2. The van der Waals surface area contributed by atoms with Gasteiger partial charge in [-0.05, 0) is 62.1 Å². The number of quaternary nitrogens is 1. The van der Waals surface area contributed by atoms with Crippen LogP contribution < -0.4 is 15.0 Å². The Kier molecular flexibility index (Phi) is 8.06. The molecule has 0 saturated carbocycles. The highest BCUT2D eigenvalue weighted by Crippen LogP contribution is 2.23. The zero-order valence-corrected chi connectivity index (χ0v) is 18.9. The number of hydrogen-bond donors (Lipinski definition) is 2. The third kappa shape index (κ3) is 6.56. The standard InChI is InChI=1S/C25H33N3O3/c1-19-16-20(2)21(3)23(17-19)31-15-7-10-26-24(29)18-27-11-13-28(14-12-27)25(30)22-8-5-4-6-9-22/h4-6,8-9,16-17H,7,10-15,18H2,1-3H3,(H,26,29)/p+1. The molecule has 2 N–H and O–H groups in total. The summed E-state index contributed by atoms with van der Waals surface area (Å²) in [5.74, 6) is 1.06. The first kappa shape index (κ1) is 22.8. The van der Waals surface area contributed by atoms with Crippen LogP contribution in [-0.4, -0.2) is 62.6 Å². The lowest BCUT2D eigenvalue weighted by Crippen LogP contribution is -3.15. The number of ether oxygens (including phenoxy) is 1. The first-order chi connectivity index (χ1) is 14.9. The van der Waals surface area contributed by atoms with E-state index in [0.29, 0.717) is 32.8 Å². The second-order valence-electron chi connectivity index (χ2n) is 8.34. The fourth-order valence-corrected chi connectivity index (χ4v) is 3.89. The van der Waals surface area contributed by atoms with Gasteiger partial charge in [0, 0.05) is 12.1 Å². The van der Waals surface area contributed by atoms with Crippen LogP contribution in [0.5, 0.6) is 5.75 Å². The number of rotatable bonds is 8. The molecule has 0 atom stereocenters. The molecule has 2 amide bonds. The molecule has 0 radical (unpaired) electrons. The summed E-state index contributed by atoms with van der Waals surface area (Å²) in [6, 6.07) is 13.6. The summed E-state index contributed by atoms with van der Waals surface area (Å²) in [4.78, 5) is 27.9. The Morgan fingerprint density at radius 1 is 1.06 bits per heavy atom. The van der Waals surface area contributed by atoms with Crippen LogP contribution in [0.15, 0.2) is 42.5 Å². The van der Waals surface area contributed by atoms with Crippen LogP contribution in [0.3, 0.4) is 0 Å². The minimum Gasteiger partial charge on any atom is -0.493 e. The lowest BCUT2D eigenvalue weighted by atomic mass is 10.1. The predicted molar refractivity (Wildman–Crippen MR) is 122 cm³/mol. The van der Waals surface area contributed by atoms with E-state index in [2.05, 4.69) is 38.2 Å². The third-order valence-corrected chi connectivity index (χ3v) is 5.85. The number of carbonyl (C=O) groups is 2. The number of carbonyl (C=O) groups excluding carboxylic acids is 2. The van der Waals surface area contributed by atoms with E-state index < -0.39 is 0 Å². The van der Waals surface area contributed by atoms with E-state index >= 15 is 0 Å². The van der Waals surface area contributed by atoms with E-state index in [0.717, 1.165) is 30.8 Å². The molecule has 1 heterocycles. The summed E-state index contributed by atoms with van der Waals surface area (Å²) in [7, 11) is 0. The molecule has 0 bridgehead atoms. The highest BCUT2D eigenvalue weighted by molar-refractivity contribution is 5.94. The SMILES string of the molecule is Cc1cc(C)c(C)c(OCCCNC(=O)C[NH+]2CCN(C(=O)c3ccccc3)CC2)c1. The Balaban J connectivity index is 1.32. The first-order valence-corrected chi connectivity index (χ1v) is 11.1. The summed E-state index contributed by atoms with van der Waals surface area (Å²) >= 11 is 0. The van der Waals surface area contributed by atoms with Gasteiger partial charge in [-0.3, -0.25) is 9.59 Å².